The van der Waals surface area contributed by atoms with E-state index in [4.69, 9.17) is 15.9 Å². The first-order valence-electron chi connectivity index (χ1n) is 12.0. The quantitative estimate of drug-likeness (QED) is 0.317. The standard InChI is InChI=1S/C29H29FNO5P/c1-5-28(34,29(18(2)3,27(32)33)37(35)36-4)25(20-12-14-23(30)15-13-20)22-16-21-11-10-19-8-6-7-9-24(19)26(21)31-17-22/h1,6-9,12-18,25,34,37H,10-11H2,2-4H3,(H,32,33). The molecule has 0 bridgehead atoms. The third-order valence-corrected chi connectivity index (χ3v) is 9.60. The molecule has 3 aromatic rings. The topological polar surface area (TPSA) is 96.7 Å². The van der Waals surface area contributed by atoms with Crippen LogP contribution in [0.5, 0.6) is 0 Å². The number of hydrogen-bond donors (Lipinski definition) is 2. The van der Waals surface area contributed by atoms with Gasteiger partial charge in [-0.05, 0) is 53.1 Å². The molecule has 37 heavy (non-hydrogen) atoms. The molecule has 0 spiro atoms. The second kappa shape index (κ2) is 10.2. The normalized spacial score (nSPS) is 17.4. The monoisotopic (exact) mass is 521 g/mol. The summed E-state index contributed by atoms with van der Waals surface area (Å²) < 4.78 is 32.4. The van der Waals surface area contributed by atoms with Crippen LogP contribution in [-0.4, -0.2) is 39.0 Å². The van der Waals surface area contributed by atoms with Crippen LogP contribution in [0, 0.1) is 24.1 Å². The number of terminal acetylenes is 1. The molecule has 0 amide bonds. The summed E-state index contributed by atoms with van der Waals surface area (Å²) in [6.07, 6.45) is 8.95. The Labute approximate surface area is 216 Å². The molecule has 2 N–H and O–H groups in total. The summed E-state index contributed by atoms with van der Waals surface area (Å²) in [6, 6.07) is 15.1. The minimum absolute atomic E-state index is 0.358. The minimum Gasteiger partial charge on any atom is -0.480 e. The first kappa shape index (κ1) is 26.8. The summed E-state index contributed by atoms with van der Waals surface area (Å²) in [7, 11) is -2.33. The second-order valence-electron chi connectivity index (χ2n) is 9.59. The molecule has 4 rings (SSSR count). The lowest BCUT2D eigenvalue weighted by Gasteiger charge is -2.47. The first-order chi connectivity index (χ1) is 17.6. The molecule has 2 aromatic carbocycles. The van der Waals surface area contributed by atoms with Gasteiger partial charge >= 0.3 is 5.97 Å². The fraction of sp³-hybridized carbons (Fsp3) is 0.310. The Bertz CT molecular complexity index is 1400. The zero-order valence-corrected chi connectivity index (χ0v) is 21.9. The van der Waals surface area contributed by atoms with Crippen molar-refractivity contribution < 1.29 is 28.5 Å². The van der Waals surface area contributed by atoms with Gasteiger partial charge in [-0.3, -0.25) is 14.3 Å². The molecule has 4 unspecified atom stereocenters. The van der Waals surface area contributed by atoms with E-state index >= 15 is 0 Å². The fourth-order valence-corrected chi connectivity index (χ4v) is 7.10. The average Bonchev–Trinajstić information content (AvgIpc) is 2.89. The number of carbonyl (C=O) groups is 1. The number of rotatable bonds is 8. The van der Waals surface area contributed by atoms with Gasteiger partial charge in [0.05, 0.1) is 11.6 Å². The molecule has 1 aromatic heterocycles. The number of pyridine rings is 1. The van der Waals surface area contributed by atoms with Crippen molar-refractivity contribution >= 4 is 14.0 Å². The van der Waals surface area contributed by atoms with Crippen molar-refractivity contribution in [1.82, 2.24) is 4.98 Å². The molecule has 4 atom stereocenters. The maximum Gasteiger partial charge on any atom is 0.323 e. The Balaban J connectivity index is 2.01. The zero-order chi connectivity index (χ0) is 27.0. The highest BCUT2D eigenvalue weighted by Crippen LogP contribution is 2.57. The molecule has 6 nitrogen and oxygen atoms in total. The van der Waals surface area contributed by atoms with Crippen molar-refractivity contribution in [1.29, 1.82) is 0 Å². The van der Waals surface area contributed by atoms with Gasteiger partial charge in [-0.25, -0.2) is 4.39 Å². The first-order valence-corrected chi connectivity index (χ1v) is 13.3. The molecular weight excluding hydrogens is 492 g/mol. The number of benzene rings is 2. The second-order valence-corrected chi connectivity index (χ2v) is 11.4. The van der Waals surface area contributed by atoms with E-state index in [0.29, 0.717) is 17.5 Å². The van der Waals surface area contributed by atoms with Gasteiger partial charge in [-0.1, -0.05) is 62.2 Å². The Morgan fingerprint density at radius 3 is 2.38 bits per heavy atom. The van der Waals surface area contributed by atoms with Crippen molar-refractivity contribution in [2.45, 2.75) is 43.4 Å². The average molecular weight is 522 g/mol. The third-order valence-electron chi connectivity index (χ3n) is 7.41. The number of aryl methyl sites for hydroxylation is 2. The summed E-state index contributed by atoms with van der Waals surface area (Å²) in [4.78, 5) is 17.6. The molecule has 1 aliphatic carbocycles. The van der Waals surface area contributed by atoms with E-state index in [1.54, 1.807) is 6.20 Å². The maximum atomic E-state index is 13.9. The van der Waals surface area contributed by atoms with Crippen molar-refractivity contribution in [3.8, 4) is 23.6 Å². The molecule has 192 valence electrons. The number of carboxylic acid groups (broad SMARTS) is 1. The fourth-order valence-electron chi connectivity index (χ4n) is 5.60. The molecule has 1 heterocycles. The van der Waals surface area contributed by atoms with Gasteiger partial charge in [0.15, 0.2) is 10.8 Å². The summed E-state index contributed by atoms with van der Waals surface area (Å²) in [5.41, 5.74) is 2.15. The lowest BCUT2D eigenvalue weighted by Crippen LogP contribution is -2.62. The highest BCUT2D eigenvalue weighted by atomic mass is 31.1. The van der Waals surface area contributed by atoms with Gasteiger partial charge < -0.3 is 14.7 Å². The van der Waals surface area contributed by atoms with Gasteiger partial charge in [0, 0.05) is 18.9 Å². The predicted octanol–water partition coefficient (Wildman–Crippen LogP) is 5.08. The van der Waals surface area contributed by atoms with Crippen LogP contribution in [0.15, 0.2) is 60.8 Å². The number of halogens is 1. The number of aromatic nitrogens is 1. The lowest BCUT2D eigenvalue weighted by molar-refractivity contribution is -0.149. The SMILES string of the molecule is C#CC(O)(C(c1ccc(F)cc1)c1cnc2c(c1)CCc1ccccc1-2)C(C(=O)O)(C(C)C)[PH](=O)OC. The van der Waals surface area contributed by atoms with Crippen LogP contribution in [-0.2, 0) is 26.7 Å². The molecule has 0 radical (unpaired) electrons. The molecule has 0 saturated carbocycles. The van der Waals surface area contributed by atoms with Crippen molar-refractivity contribution in [3.05, 3.63) is 88.9 Å². The Hall–Kier alpha value is -3.30. The zero-order valence-electron chi connectivity index (χ0n) is 20.9. The Kier molecular flexibility index (Phi) is 7.39. The van der Waals surface area contributed by atoms with Crippen molar-refractivity contribution in [2.24, 2.45) is 5.92 Å². The van der Waals surface area contributed by atoms with E-state index < -0.39 is 42.4 Å². The number of fused-ring (bicyclic) bond motifs is 3. The summed E-state index contributed by atoms with van der Waals surface area (Å²) in [5.74, 6) is -1.84. The van der Waals surface area contributed by atoms with Crippen LogP contribution in [0.3, 0.4) is 0 Å². The highest BCUT2D eigenvalue weighted by Gasteiger charge is 2.66. The van der Waals surface area contributed by atoms with Gasteiger partial charge in [0.1, 0.15) is 5.82 Å². The maximum absolute atomic E-state index is 13.9. The van der Waals surface area contributed by atoms with Crippen molar-refractivity contribution in [3.63, 3.8) is 0 Å². The molecule has 1 aliphatic rings. The smallest absolute Gasteiger partial charge is 0.323 e. The highest BCUT2D eigenvalue weighted by molar-refractivity contribution is 7.42. The number of aliphatic hydroxyl groups is 1. The van der Waals surface area contributed by atoms with Crippen LogP contribution in [0.1, 0.15) is 42.0 Å². The largest absolute Gasteiger partial charge is 0.480 e. The van der Waals surface area contributed by atoms with E-state index in [0.717, 1.165) is 30.4 Å². The lowest BCUT2D eigenvalue weighted by atomic mass is 9.66. The molecule has 0 fully saturated rings. The number of hydrogen-bond acceptors (Lipinski definition) is 5. The molecule has 0 saturated heterocycles. The summed E-state index contributed by atoms with van der Waals surface area (Å²) in [5, 5.41) is 20.4. The summed E-state index contributed by atoms with van der Waals surface area (Å²) >= 11 is 0. The van der Waals surface area contributed by atoms with E-state index in [1.165, 1.54) is 43.7 Å². The van der Waals surface area contributed by atoms with E-state index in [1.807, 2.05) is 24.3 Å². The van der Waals surface area contributed by atoms with Crippen LogP contribution in [0.2, 0.25) is 0 Å². The molecule has 8 heteroatoms. The Morgan fingerprint density at radius 2 is 1.78 bits per heavy atom. The van der Waals surface area contributed by atoms with Crippen LogP contribution in [0.25, 0.3) is 11.3 Å². The number of carboxylic acids is 1. The summed E-state index contributed by atoms with van der Waals surface area (Å²) in [6.45, 7) is 3.06. The van der Waals surface area contributed by atoms with Gasteiger partial charge in [0.25, 0.3) is 0 Å². The van der Waals surface area contributed by atoms with Crippen molar-refractivity contribution in [2.75, 3.05) is 7.11 Å². The van der Waals surface area contributed by atoms with Crippen LogP contribution < -0.4 is 0 Å². The number of aliphatic carboxylic acids is 1. The van der Waals surface area contributed by atoms with Gasteiger partial charge in [-0.2, -0.15) is 0 Å². The third kappa shape index (κ3) is 4.20. The van der Waals surface area contributed by atoms with Gasteiger partial charge in [-0.15, -0.1) is 6.42 Å². The predicted molar refractivity (Wildman–Crippen MR) is 140 cm³/mol. The number of nitrogens with zero attached hydrogens (tertiary/aromatic N) is 1. The van der Waals surface area contributed by atoms with E-state index in [-0.39, 0.29) is 0 Å². The Morgan fingerprint density at radius 1 is 1.14 bits per heavy atom. The van der Waals surface area contributed by atoms with E-state index in [2.05, 4.69) is 12.0 Å². The van der Waals surface area contributed by atoms with Crippen LogP contribution in [0.4, 0.5) is 4.39 Å². The van der Waals surface area contributed by atoms with Crippen LogP contribution >= 0.6 is 8.03 Å². The minimum atomic E-state index is -3.45. The molecule has 0 aliphatic heterocycles. The van der Waals surface area contributed by atoms with E-state index in [9.17, 15) is 24.0 Å². The molecular formula is C29H29FNO5P. The van der Waals surface area contributed by atoms with Gasteiger partial charge in [0.2, 0.25) is 8.03 Å².